The molecule has 2 heteroatoms. The van der Waals surface area contributed by atoms with Gasteiger partial charge in [0.25, 0.3) is 0 Å². The fourth-order valence-electron chi connectivity index (χ4n) is 3.22. The Kier molecular flexibility index (Phi) is 6.95. The third-order valence-electron chi connectivity index (χ3n) is 4.43. The molecule has 0 aromatic heterocycles. The zero-order valence-electron chi connectivity index (χ0n) is 14.7. The second-order valence-electron chi connectivity index (χ2n) is 6.32. The Morgan fingerprint density at radius 3 is 2.21 bits per heavy atom. The smallest absolute Gasteiger partial charge is 0.131 e. The van der Waals surface area contributed by atoms with Crippen LogP contribution in [-0.2, 0) is 11.2 Å². The van der Waals surface area contributed by atoms with Crippen molar-refractivity contribution in [2.45, 2.75) is 38.8 Å². The predicted molar refractivity (Wildman–Crippen MR) is 101 cm³/mol. The van der Waals surface area contributed by atoms with Crippen molar-refractivity contribution in [1.29, 1.82) is 0 Å². The minimum Gasteiger partial charge on any atom is -0.300 e. The summed E-state index contributed by atoms with van der Waals surface area (Å²) >= 11 is 0. The van der Waals surface area contributed by atoms with Gasteiger partial charge < -0.3 is 0 Å². The second kappa shape index (κ2) is 9.19. The van der Waals surface area contributed by atoms with Crippen LogP contribution in [-0.4, -0.2) is 23.3 Å². The Bertz CT molecular complexity index is 636. The number of ketones is 1. The van der Waals surface area contributed by atoms with Crippen LogP contribution in [0.5, 0.6) is 0 Å². The molecule has 0 radical (unpaired) electrons. The quantitative estimate of drug-likeness (QED) is 0.617. The molecule has 2 rings (SSSR count). The van der Waals surface area contributed by atoms with E-state index in [-0.39, 0.29) is 17.9 Å². The summed E-state index contributed by atoms with van der Waals surface area (Å²) in [5, 5.41) is 0. The van der Waals surface area contributed by atoms with Gasteiger partial charge in [-0.1, -0.05) is 66.7 Å². The van der Waals surface area contributed by atoms with Crippen molar-refractivity contribution in [3.63, 3.8) is 0 Å². The highest BCUT2D eigenvalue weighted by Crippen LogP contribution is 2.25. The number of carbonyl (C=O) groups is 1. The molecule has 2 aromatic rings. The molecule has 0 heterocycles. The van der Waals surface area contributed by atoms with Gasteiger partial charge in [-0.2, -0.15) is 0 Å². The van der Waals surface area contributed by atoms with Crippen LogP contribution >= 0.6 is 0 Å². The number of Topliss-reactive ketones (excluding diaryl/α,β-unsaturated/α-hetero) is 1. The van der Waals surface area contributed by atoms with Crippen LogP contribution in [0.3, 0.4) is 0 Å². The van der Waals surface area contributed by atoms with Gasteiger partial charge in [0, 0.05) is 25.0 Å². The molecule has 0 amide bonds. The topological polar surface area (TPSA) is 20.3 Å². The number of hydrogen-bond acceptors (Lipinski definition) is 2. The van der Waals surface area contributed by atoms with Crippen LogP contribution in [0.15, 0.2) is 73.3 Å². The average Bonchev–Trinajstić information content (AvgIpc) is 2.60. The summed E-state index contributed by atoms with van der Waals surface area (Å²) in [5.74, 6) is 0.227. The molecule has 0 saturated heterocycles. The summed E-state index contributed by atoms with van der Waals surface area (Å²) in [5.41, 5.74) is 2.53. The summed E-state index contributed by atoms with van der Waals surface area (Å²) in [7, 11) is 0. The Morgan fingerprint density at radius 1 is 1.08 bits per heavy atom. The Hall–Kier alpha value is -2.19. The summed E-state index contributed by atoms with van der Waals surface area (Å²) < 4.78 is 0. The van der Waals surface area contributed by atoms with Crippen LogP contribution in [0.1, 0.15) is 37.4 Å². The van der Waals surface area contributed by atoms with Crippen molar-refractivity contribution in [3.8, 4) is 0 Å². The number of carbonyl (C=O) groups excluding carboxylic acids is 1. The molecular formula is C22H27NO. The molecule has 0 bridgehead atoms. The molecule has 24 heavy (non-hydrogen) atoms. The molecule has 2 nitrogen and oxygen atoms in total. The average molecular weight is 321 g/mol. The van der Waals surface area contributed by atoms with E-state index < -0.39 is 0 Å². The van der Waals surface area contributed by atoms with E-state index in [0.29, 0.717) is 6.42 Å². The first-order valence-electron chi connectivity index (χ1n) is 8.56. The molecule has 2 aromatic carbocycles. The maximum absolute atomic E-state index is 11.9. The minimum absolute atomic E-state index is 0.165. The van der Waals surface area contributed by atoms with E-state index in [2.05, 4.69) is 66.9 Å². The van der Waals surface area contributed by atoms with Gasteiger partial charge >= 0.3 is 0 Å². The van der Waals surface area contributed by atoms with Crippen molar-refractivity contribution < 1.29 is 4.79 Å². The van der Waals surface area contributed by atoms with Crippen molar-refractivity contribution >= 4 is 5.78 Å². The van der Waals surface area contributed by atoms with E-state index in [0.717, 1.165) is 13.0 Å². The normalized spacial score (nSPS) is 13.5. The van der Waals surface area contributed by atoms with Crippen molar-refractivity contribution in [1.82, 2.24) is 4.90 Å². The monoisotopic (exact) mass is 321 g/mol. The number of benzene rings is 2. The third kappa shape index (κ3) is 5.17. The first-order chi connectivity index (χ1) is 11.6. The van der Waals surface area contributed by atoms with E-state index in [1.807, 2.05) is 18.2 Å². The maximum Gasteiger partial charge on any atom is 0.131 e. The highest BCUT2D eigenvalue weighted by atomic mass is 16.1. The van der Waals surface area contributed by atoms with E-state index in [4.69, 9.17) is 0 Å². The molecule has 0 fully saturated rings. The first kappa shape index (κ1) is 18.2. The first-order valence-corrected chi connectivity index (χ1v) is 8.56. The van der Waals surface area contributed by atoms with Gasteiger partial charge in [0.05, 0.1) is 0 Å². The Balaban J connectivity index is 2.27. The second-order valence-corrected chi connectivity index (χ2v) is 6.32. The van der Waals surface area contributed by atoms with Gasteiger partial charge in [0.15, 0.2) is 0 Å². The molecule has 0 saturated carbocycles. The molecule has 126 valence electrons. The van der Waals surface area contributed by atoms with Crippen molar-refractivity contribution in [2.75, 3.05) is 6.54 Å². The molecule has 0 aliphatic carbocycles. The number of hydrogen-bond donors (Lipinski definition) is 0. The summed E-state index contributed by atoms with van der Waals surface area (Å²) in [4.78, 5) is 14.2. The SMILES string of the molecule is C=CCN(C(CC(C)=O)Cc1ccccc1)[C@H](C)c1ccccc1. The lowest BCUT2D eigenvalue weighted by Crippen LogP contribution is -2.40. The predicted octanol–water partition coefficient (Wildman–Crippen LogP) is 4.83. The van der Waals surface area contributed by atoms with Crippen LogP contribution in [0, 0.1) is 0 Å². The minimum atomic E-state index is 0.165. The molecular weight excluding hydrogens is 294 g/mol. The number of nitrogens with zero attached hydrogens (tertiary/aromatic N) is 1. The maximum atomic E-state index is 11.9. The van der Waals surface area contributed by atoms with Gasteiger partial charge in [0.2, 0.25) is 0 Å². The lowest BCUT2D eigenvalue weighted by molar-refractivity contribution is -0.118. The van der Waals surface area contributed by atoms with Crippen molar-refractivity contribution in [2.24, 2.45) is 0 Å². The van der Waals surface area contributed by atoms with E-state index in [9.17, 15) is 4.79 Å². The molecule has 2 atom stereocenters. The van der Waals surface area contributed by atoms with Crippen LogP contribution in [0.25, 0.3) is 0 Å². The summed E-state index contributed by atoms with van der Waals surface area (Å²) in [6.45, 7) is 8.57. The van der Waals surface area contributed by atoms with Crippen LogP contribution in [0.4, 0.5) is 0 Å². The lowest BCUT2D eigenvalue weighted by Gasteiger charge is -2.36. The highest BCUT2D eigenvalue weighted by Gasteiger charge is 2.25. The molecule has 0 N–H and O–H groups in total. The zero-order chi connectivity index (χ0) is 17.4. The van der Waals surface area contributed by atoms with Gasteiger partial charge in [-0.3, -0.25) is 9.69 Å². The summed E-state index contributed by atoms with van der Waals surface area (Å²) in [6.07, 6.45) is 3.35. The lowest BCUT2D eigenvalue weighted by atomic mass is 9.96. The molecule has 0 aliphatic rings. The van der Waals surface area contributed by atoms with Gasteiger partial charge in [-0.15, -0.1) is 6.58 Å². The molecule has 0 spiro atoms. The molecule has 1 unspecified atom stereocenters. The van der Waals surface area contributed by atoms with E-state index >= 15 is 0 Å². The standard InChI is InChI=1S/C22H27NO/c1-4-15-23(19(3)21-13-9-6-10-14-21)22(16-18(2)24)17-20-11-7-5-8-12-20/h4-14,19,22H,1,15-17H2,2-3H3/t19-,22?/m1/s1. The van der Waals surface area contributed by atoms with Gasteiger partial charge in [0.1, 0.15) is 5.78 Å². The van der Waals surface area contributed by atoms with E-state index in [1.165, 1.54) is 11.1 Å². The van der Waals surface area contributed by atoms with Crippen LogP contribution < -0.4 is 0 Å². The van der Waals surface area contributed by atoms with Crippen LogP contribution in [0.2, 0.25) is 0 Å². The highest BCUT2D eigenvalue weighted by molar-refractivity contribution is 5.76. The van der Waals surface area contributed by atoms with Crippen molar-refractivity contribution in [3.05, 3.63) is 84.4 Å². The Morgan fingerprint density at radius 2 is 1.67 bits per heavy atom. The Labute approximate surface area is 145 Å². The summed E-state index contributed by atoms with van der Waals surface area (Å²) in [6, 6.07) is 21.3. The fraction of sp³-hybridized carbons (Fsp3) is 0.318. The fourth-order valence-corrected chi connectivity index (χ4v) is 3.22. The third-order valence-corrected chi connectivity index (χ3v) is 4.43. The molecule has 0 aliphatic heterocycles. The largest absolute Gasteiger partial charge is 0.300 e. The van der Waals surface area contributed by atoms with Gasteiger partial charge in [-0.05, 0) is 31.4 Å². The zero-order valence-corrected chi connectivity index (χ0v) is 14.7. The van der Waals surface area contributed by atoms with E-state index in [1.54, 1.807) is 6.92 Å². The number of rotatable bonds is 9. The van der Waals surface area contributed by atoms with Gasteiger partial charge in [-0.25, -0.2) is 0 Å².